The molecular formula is C16H13ClFN3O3S. The Kier molecular flexibility index (Phi) is 5.40. The fraction of sp³-hybridized carbons (Fsp3) is 0.188. The zero-order valence-corrected chi connectivity index (χ0v) is 14.8. The van der Waals surface area contributed by atoms with Crippen molar-refractivity contribution >= 4 is 23.4 Å². The topological polar surface area (TPSA) is 70.3 Å². The molecule has 0 aliphatic heterocycles. The lowest BCUT2D eigenvalue weighted by atomic mass is 10.3. The number of aromatic nitrogens is 3. The molecule has 0 N–H and O–H groups in total. The van der Waals surface area contributed by atoms with Gasteiger partial charge >= 0.3 is 0 Å². The molecule has 0 saturated carbocycles. The van der Waals surface area contributed by atoms with Crippen LogP contribution in [0.2, 0.25) is 5.02 Å². The minimum atomic E-state index is -0.637. The highest BCUT2D eigenvalue weighted by molar-refractivity contribution is 7.98. The highest BCUT2D eigenvalue weighted by Crippen LogP contribution is 2.28. The van der Waals surface area contributed by atoms with Gasteiger partial charge in [0.15, 0.2) is 11.9 Å². The molecule has 25 heavy (non-hydrogen) atoms. The Labute approximate surface area is 152 Å². The van der Waals surface area contributed by atoms with Crippen LogP contribution in [0, 0.1) is 5.82 Å². The second-order valence-corrected chi connectivity index (χ2v) is 6.08. The van der Waals surface area contributed by atoms with Gasteiger partial charge in [0, 0.05) is 6.20 Å². The van der Waals surface area contributed by atoms with E-state index in [1.807, 2.05) is 6.26 Å². The number of pyridine rings is 1. The zero-order chi connectivity index (χ0) is 17.8. The number of ether oxygens (including phenoxy) is 2. The monoisotopic (exact) mass is 381 g/mol. The van der Waals surface area contributed by atoms with Gasteiger partial charge in [0.05, 0.1) is 5.02 Å². The first-order valence-electron chi connectivity index (χ1n) is 7.18. The molecule has 0 radical (unpaired) electrons. The van der Waals surface area contributed by atoms with E-state index in [9.17, 15) is 4.39 Å². The molecule has 0 spiro atoms. The van der Waals surface area contributed by atoms with E-state index in [-0.39, 0.29) is 10.9 Å². The van der Waals surface area contributed by atoms with Crippen molar-refractivity contribution in [1.29, 1.82) is 0 Å². The number of hydrogen-bond donors (Lipinski definition) is 0. The van der Waals surface area contributed by atoms with Crippen LogP contribution in [-0.2, 0) is 0 Å². The van der Waals surface area contributed by atoms with E-state index in [4.69, 9.17) is 25.5 Å². The minimum Gasteiger partial charge on any atom is -0.481 e. The highest BCUT2D eigenvalue weighted by Gasteiger charge is 2.15. The van der Waals surface area contributed by atoms with Gasteiger partial charge in [-0.1, -0.05) is 23.4 Å². The Morgan fingerprint density at radius 3 is 2.56 bits per heavy atom. The van der Waals surface area contributed by atoms with Crippen LogP contribution in [0.15, 0.2) is 46.2 Å². The summed E-state index contributed by atoms with van der Waals surface area (Å²) in [6.07, 6.45) is 2.75. The maximum Gasteiger partial charge on any atom is 0.276 e. The molecular weight excluding hydrogens is 369 g/mol. The minimum absolute atomic E-state index is 0.151. The molecule has 3 aromatic rings. The summed E-state index contributed by atoms with van der Waals surface area (Å²) in [5.41, 5.74) is 0. The second-order valence-electron chi connectivity index (χ2n) is 4.88. The Bertz CT molecular complexity index is 860. The molecule has 0 aliphatic rings. The fourth-order valence-corrected chi connectivity index (χ4v) is 2.33. The van der Waals surface area contributed by atoms with Gasteiger partial charge in [0.25, 0.3) is 17.0 Å². The van der Waals surface area contributed by atoms with Gasteiger partial charge in [-0.2, -0.15) is 0 Å². The van der Waals surface area contributed by atoms with Gasteiger partial charge in [-0.05, 0) is 43.5 Å². The smallest absolute Gasteiger partial charge is 0.276 e. The molecule has 0 saturated heterocycles. The third kappa shape index (κ3) is 4.40. The van der Waals surface area contributed by atoms with Gasteiger partial charge in [0.2, 0.25) is 0 Å². The van der Waals surface area contributed by atoms with Gasteiger partial charge in [0.1, 0.15) is 11.5 Å². The quantitative estimate of drug-likeness (QED) is 0.561. The van der Waals surface area contributed by atoms with Crippen LogP contribution in [0.4, 0.5) is 4.39 Å². The summed E-state index contributed by atoms with van der Waals surface area (Å²) >= 11 is 7.02. The number of benzene rings is 1. The van der Waals surface area contributed by atoms with E-state index in [0.29, 0.717) is 22.6 Å². The van der Waals surface area contributed by atoms with Crippen molar-refractivity contribution in [1.82, 2.24) is 15.2 Å². The summed E-state index contributed by atoms with van der Waals surface area (Å²) in [7, 11) is 0. The summed E-state index contributed by atoms with van der Waals surface area (Å²) in [5, 5.41) is 8.47. The Morgan fingerprint density at radius 1 is 1.20 bits per heavy atom. The summed E-state index contributed by atoms with van der Waals surface area (Å²) in [6.45, 7) is 1.80. The van der Waals surface area contributed by atoms with Crippen LogP contribution in [0.3, 0.4) is 0 Å². The summed E-state index contributed by atoms with van der Waals surface area (Å²) < 4.78 is 30.2. The summed E-state index contributed by atoms with van der Waals surface area (Å²) in [6, 6.07) is 7.78. The lowest BCUT2D eigenvalue weighted by molar-refractivity contribution is 0.181. The third-order valence-corrected chi connectivity index (χ3v) is 3.79. The van der Waals surface area contributed by atoms with Crippen LogP contribution < -0.4 is 9.47 Å². The largest absolute Gasteiger partial charge is 0.481 e. The molecule has 0 unspecified atom stereocenters. The van der Waals surface area contributed by atoms with Crippen LogP contribution in [0.1, 0.15) is 18.9 Å². The third-order valence-electron chi connectivity index (χ3n) is 3.07. The van der Waals surface area contributed by atoms with E-state index in [2.05, 4.69) is 15.2 Å². The maximum atomic E-state index is 13.7. The predicted octanol–water partition coefficient (Wildman–Crippen LogP) is 4.91. The molecule has 6 nitrogen and oxygen atoms in total. The first-order chi connectivity index (χ1) is 12.0. The fourth-order valence-electron chi connectivity index (χ4n) is 1.90. The highest BCUT2D eigenvalue weighted by atomic mass is 35.5. The van der Waals surface area contributed by atoms with E-state index in [1.54, 1.807) is 31.2 Å². The van der Waals surface area contributed by atoms with Crippen molar-refractivity contribution in [2.75, 3.05) is 6.26 Å². The van der Waals surface area contributed by atoms with Crippen LogP contribution in [0.25, 0.3) is 0 Å². The molecule has 3 rings (SSSR count). The molecule has 0 aliphatic carbocycles. The molecule has 2 aromatic heterocycles. The number of nitrogens with zero attached hydrogens (tertiary/aromatic N) is 3. The van der Waals surface area contributed by atoms with Crippen LogP contribution in [-0.4, -0.2) is 21.4 Å². The Hall–Kier alpha value is -2.32. The molecule has 130 valence electrons. The number of rotatable bonds is 6. The summed E-state index contributed by atoms with van der Waals surface area (Å²) in [4.78, 5) is 3.80. The normalized spacial score (nSPS) is 12.0. The van der Waals surface area contributed by atoms with Crippen molar-refractivity contribution < 1.29 is 18.3 Å². The number of thioether (sulfide) groups is 1. The lowest BCUT2D eigenvalue weighted by Crippen LogP contribution is -2.03. The second kappa shape index (κ2) is 7.71. The number of hydrogen-bond acceptors (Lipinski definition) is 7. The van der Waals surface area contributed by atoms with Crippen molar-refractivity contribution in [2.24, 2.45) is 0 Å². The molecule has 0 amide bonds. The molecule has 0 fully saturated rings. The molecule has 9 heteroatoms. The van der Waals surface area contributed by atoms with E-state index in [0.717, 1.165) is 6.07 Å². The Balaban J connectivity index is 1.65. The average Bonchev–Trinajstić information content (AvgIpc) is 3.08. The zero-order valence-electron chi connectivity index (χ0n) is 13.3. The van der Waals surface area contributed by atoms with Crippen molar-refractivity contribution in [3.63, 3.8) is 0 Å². The van der Waals surface area contributed by atoms with Gasteiger partial charge in [-0.3, -0.25) is 0 Å². The first kappa shape index (κ1) is 17.5. The SMILES string of the molecule is CSc1nnc([C@H](C)Oc2ccc(Oc3ncc(Cl)cc3F)cc2)o1. The van der Waals surface area contributed by atoms with E-state index in [1.165, 1.54) is 18.0 Å². The van der Waals surface area contributed by atoms with Crippen LogP contribution in [0.5, 0.6) is 17.4 Å². The standard InChI is InChI=1S/C16H13ClFN3O3S/c1-9(14-20-21-16(24-14)25-2)22-11-3-5-12(6-4-11)23-15-13(18)7-10(17)8-19-15/h3-9H,1-2H3/t9-/m0/s1. The van der Waals surface area contributed by atoms with Crippen molar-refractivity contribution in [3.05, 3.63) is 53.3 Å². The molecule has 1 atom stereocenters. The van der Waals surface area contributed by atoms with Crippen molar-refractivity contribution in [3.8, 4) is 17.4 Å². The van der Waals surface area contributed by atoms with Crippen LogP contribution >= 0.6 is 23.4 Å². The maximum absolute atomic E-state index is 13.7. The molecule has 1 aromatic carbocycles. The van der Waals surface area contributed by atoms with E-state index >= 15 is 0 Å². The first-order valence-corrected chi connectivity index (χ1v) is 8.78. The molecule has 2 heterocycles. The lowest BCUT2D eigenvalue weighted by Gasteiger charge is -2.11. The number of halogens is 2. The van der Waals surface area contributed by atoms with Crippen molar-refractivity contribution in [2.45, 2.75) is 18.3 Å². The van der Waals surface area contributed by atoms with E-state index < -0.39 is 11.9 Å². The predicted molar refractivity (Wildman–Crippen MR) is 90.8 cm³/mol. The van der Waals surface area contributed by atoms with Gasteiger partial charge in [-0.15, -0.1) is 10.2 Å². The average molecular weight is 382 g/mol. The summed E-state index contributed by atoms with van der Waals surface area (Å²) in [5.74, 6) is 0.589. The Morgan fingerprint density at radius 2 is 1.92 bits per heavy atom. The molecule has 0 bridgehead atoms. The van der Waals surface area contributed by atoms with Gasteiger partial charge < -0.3 is 13.9 Å². The van der Waals surface area contributed by atoms with Gasteiger partial charge in [-0.25, -0.2) is 9.37 Å².